The minimum Gasteiger partial charge on any atom is -0.489 e. The van der Waals surface area contributed by atoms with Crippen LogP contribution >= 0.6 is 24.0 Å². The van der Waals surface area contributed by atoms with Crippen molar-refractivity contribution in [2.75, 3.05) is 13.1 Å². The fourth-order valence-corrected chi connectivity index (χ4v) is 1.27. The van der Waals surface area contributed by atoms with E-state index in [9.17, 15) is 4.39 Å². The van der Waals surface area contributed by atoms with Gasteiger partial charge in [0, 0.05) is 12.6 Å². The van der Waals surface area contributed by atoms with Gasteiger partial charge in [-0.05, 0) is 26.0 Å². The molecule has 1 aromatic rings. The van der Waals surface area contributed by atoms with Gasteiger partial charge in [-0.3, -0.25) is 0 Å². The number of guanidine groups is 1. The summed E-state index contributed by atoms with van der Waals surface area (Å²) < 4.78 is 18.4. The van der Waals surface area contributed by atoms with Crippen LogP contribution in [0.3, 0.4) is 0 Å². The number of aliphatic imine (C=N–C) groups is 1. The number of halogens is 2. The summed E-state index contributed by atoms with van der Waals surface area (Å²) in [4.78, 5) is 4.10. The van der Waals surface area contributed by atoms with E-state index in [4.69, 9.17) is 10.5 Å². The quantitative estimate of drug-likeness (QED) is 0.476. The lowest BCUT2D eigenvalue weighted by atomic mass is 10.3. The predicted octanol–water partition coefficient (Wildman–Crippen LogP) is 2.14. The van der Waals surface area contributed by atoms with Gasteiger partial charge in [0.05, 0.1) is 6.54 Å². The monoisotopic (exact) mass is 367 g/mol. The molecule has 0 bridgehead atoms. The Morgan fingerprint density at radius 3 is 2.89 bits per heavy atom. The molecule has 0 aromatic heterocycles. The van der Waals surface area contributed by atoms with E-state index in [0.717, 1.165) is 6.54 Å². The van der Waals surface area contributed by atoms with Crippen molar-refractivity contribution in [3.8, 4) is 5.75 Å². The predicted molar refractivity (Wildman–Crippen MR) is 82.1 cm³/mol. The highest BCUT2D eigenvalue weighted by Crippen LogP contribution is 2.13. The van der Waals surface area contributed by atoms with E-state index in [0.29, 0.717) is 18.3 Å². The zero-order chi connectivity index (χ0) is 12.7. The van der Waals surface area contributed by atoms with Gasteiger partial charge in [-0.25, -0.2) is 9.38 Å². The standard InChI is InChI=1S/C12H18FN3O.HI/c1-3-15-12(14)16-8-9(2)17-11-6-4-5-10(13)7-11;/h4-7,9H,3,8H2,1-2H3,(H3,14,15,16);1H. The number of ether oxygens (including phenoxy) is 1. The molecule has 4 nitrogen and oxygen atoms in total. The molecule has 0 fully saturated rings. The Morgan fingerprint density at radius 2 is 2.28 bits per heavy atom. The second-order valence-electron chi connectivity index (χ2n) is 3.64. The third-order valence-electron chi connectivity index (χ3n) is 2.01. The van der Waals surface area contributed by atoms with E-state index >= 15 is 0 Å². The number of nitrogens with zero attached hydrogens (tertiary/aromatic N) is 1. The average Bonchev–Trinajstić information content (AvgIpc) is 2.27. The van der Waals surface area contributed by atoms with Crippen LogP contribution in [0.1, 0.15) is 13.8 Å². The first kappa shape index (κ1) is 16.9. The lowest BCUT2D eigenvalue weighted by molar-refractivity contribution is 0.229. The molecule has 6 heteroatoms. The van der Waals surface area contributed by atoms with Gasteiger partial charge >= 0.3 is 0 Å². The molecule has 0 aliphatic carbocycles. The summed E-state index contributed by atoms with van der Waals surface area (Å²) in [7, 11) is 0. The first-order valence-corrected chi connectivity index (χ1v) is 5.57. The molecule has 0 aliphatic rings. The van der Waals surface area contributed by atoms with E-state index in [-0.39, 0.29) is 35.9 Å². The smallest absolute Gasteiger partial charge is 0.188 e. The van der Waals surface area contributed by atoms with Crippen LogP contribution in [0.2, 0.25) is 0 Å². The molecule has 0 amide bonds. The fourth-order valence-electron chi connectivity index (χ4n) is 1.27. The van der Waals surface area contributed by atoms with Crippen LogP contribution in [-0.2, 0) is 0 Å². The minimum absolute atomic E-state index is 0. The van der Waals surface area contributed by atoms with Gasteiger partial charge in [0.25, 0.3) is 0 Å². The van der Waals surface area contributed by atoms with Crippen LogP contribution in [0.5, 0.6) is 5.75 Å². The summed E-state index contributed by atoms with van der Waals surface area (Å²) in [5, 5.41) is 2.89. The Labute approximate surface area is 124 Å². The molecule has 1 unspecified atom stereocenters. The summed E-state index contributed by atoms with van der Waals surface area (Å²) >= 11 is 0. The molecular formula is C12H19FIN3O. The van der Waals surface area contributed by atoms with Crippen molar-refractivity contribution < 1.29 is 9.13 Å². The van der Waals surface area contributed by atoms with Crippen LogP contribution in [0, 0.1) is 5.82 Å². The van der Waals surface area contributed by atoms with Crippen molar-refractivity contribution in [3.63, 3.8) is 0 Å². The average molecular weight is 367 g/mol. The Balaban J connectivity index is 0.00000289. The maximum absolute atomic E-state index is 12.9. The molecule has 0 aliphatic heterocycles. The van der Waals surface area contributed by atoms with Crippen molar-refractivity contribution in [2.24, 2.45) is 10.7 Å². The lowest BCUT2D eigenvalue weighted by Gasteiger charge is -2.13. The van der Waals surface area contributed by atoms with Gasteiger partial charge < -0.3 is 15.8 Å². The molecule has 3 N–H and O–H groups in total. The number of benzene rings is 1. The molecule has 0 radical (unpaired) electrons. The maximum atomic E-state index is 12.9. The third kappa shape index (κ3) is 6.63. The van der Waals surface area contributed by atoms with Gasteiger partial charge in [0.15, 0.2) is 5.96 Å². The van der Waals surface area contributed by atoms with Crippen LogP contribution in [0.4, 0.5) is 4.39 Å². The molecule has 102 valence electrons. The molecule has 0 heterocycles. The number of nitrogens with two attached hydrogens (primary N) is 1. The zero-order valence-electron chi connectivity index (χ0n) is 10.5. The van der Waals surface area contributed by atoms with Crippen LogP contribution in [0.25, 0.3) is 0 Å². The molecule has 0 saturated heterocycles. The number of hydrogen-bond donors (Lipinski definition) is 2. The van der Waals surface area contributed by atoms with E-state index in [1.807, 2.05) is 13.8 Å². The van der Waals surface area contributed by atoms with Crippen molar-refractivity contribution in [1.29, 1.82) is 0 Å². The van der Waals surface area contributed by atoms with E-state index < -0.39 is 0 Å². The first-order chi connectivity index (χ1) is 8.11. The van der Waals surface area contributed by atoms with Gasteiger partial charge in [-0.1, -0.05) is 6.07 Å². The molecule has 1 atom stereocenters. The minimum atomic E-state index is -0.314. The van der Waals surface area contributed by atoms with Gasteiger partial charge in [-0.15, -0.1) is 24.0 Å². The SMILES string of the molecule is CCNC(N)=NCC(C)Oc1cccc(F)c1.I. The van der Waals surface area contributed by atoms with Gasteiger partial charge in [0.2, 0.25) is 0 Å². The van der Waals surface area contributed by atoms with Crippen LogP contribution < -0.4 is 15.8 Å². The molecule has 1 aromatic carbocycles. The first-order valence-electron chi connectivity index (χ1n) is 5.57. The molecule has 0 saturated carbocycles. The van der Waals surface area contributed by atoms with Crippen molar-refractivity contribution in [1.82, 2.24) is 5.32 Å². The topological polar surface area (TPSA) is 59.6 Å². The second kappa shape index (κ2) is 8.96. The van der Waals surface area contributed by atoms with Crippen molar-refractivity contribution in [3.05, 3.63) is 30.1 Å². The maximum Gasteiger partial charge on any atom is 0.188 e. The Hall–Kier alpha value is -1.05. The Morgan fingerprint density at radius 1 is 1.56 bits per heavy atom. The van der Waals surface area contributed by atoms with E-state index in [2.05, 4.69) is 10.3 Å². The van der Waals surface area contributed by atoms with E-state index in [1.165, 1.54) is 12.1 Å². The fraction of sp³-hybridized carbons (Fsp3) is 0.417. The van der Waals surface area contributed by atoms with Gasteiger partial charge in [0.1, 0.15) is 17.7 Å². The van der Waals surface area contributed by atoms with Crippen molar-refractivity contribution >= 4 is 29.9 Å². The number of hydrogen-bond acceptors (Lipinski definition) is 2. The third-order valence-corrected chi connectivity index (χ3v) is 2.01. The normalized spacial score (nSPS) is 12.5. The highest BCUT2D eigenvalue weighted by Gasteiger charge is 2.04. The van der Waals surface area contributed by atoms with Gasteiger partial charge in [-0.2, -0.15) is 0 Å². The summed E-state index contributed by atoms with van der Waals surface area (Å²) in [6.45, 7) is 4.95. The largest absolute Gasteiger partial charge is 0.489 e. The number of nitrogens with one attached hydrogen (secondary N) is 1. The second-order valence-corrected chi connectivity index (χ2v) is 3.64. The Kier molecular flexibility index (Phi) is 8.43. The Bertz CT molecular complexity index is 387. The highest BCUT2D eigenvalue weighted by molar-refractivity contribution is 14.0. The van der Waals surface area contributed by atoms with E-state index in [1.54, 1.807) is 12.1 Å². The number of rotatable bonds is 5. The van der Waals surface area contributed by atoms with Crippen molar-refractivity contribution in [2.45, 2.75) is 20.0 Å². The molecule has 0 spiro atoms. The molecular weight excluding hydrogens is 348 g/mol. The highest BCUT2D eigenvalue weighted by atomic mass is 127. The lowest BCUT2D eigenvalue weighted by Crippen LogP contribution is -2.32. The molecule has 18 heavy (non-hydrogen) atoms. The van der Waals surface area contributed by atoms with Crippen LogP contribution in [0.15, 0.2) is 29.3 Å². The van der Waals surface area contributed by atoms with Crippen LogP contribution in [-0.4, -0.2) is 25.2 Å². The molecule has 1 rings (SSSR count). The summed E-state index contributed by atoms with van der Waals surface area (Å²) in [6.07, 6.45) is -0.158. The zero-order valence-corrected chi connectivity index (χ0v) is 12.9. The summed E-state index contributed by atoms with van der Waals surface area (Å²) in [6, 6.07) is 6.03. The summed E-state index contributed by atoms with van der Waals surface area (Å²) in [5.74, 6) is 0.572. The summed E-state index contributed by atoms with van der Waals surface area (Å²) in [5.41, 5.74) is 5.57.